The molecule has 2 aromatic heterocycles. The van der Waals surface area contributed by atoms with Gasteiger partial charge < -0.3 is 23.5 Å². The van der Waals surface area contributed by atoms with Gasteiger partial charge in [-0.3, -0.25) is 14.3 Å². The third-order valence-corrected chi connectivity index (χ3v) is 10.7. The van der Waals surface area contributed by atoms with Crippen LogP contribution in [0.2, 0.25) is 0 Å². The molecular weight excluding hydrogens is 711 g/mol. The number of aliphatic carboxylic acids is 1. The molecule has 4 aromatic rings. The molecule has 0 aliphatic heterocycles. The molecule has 1 fully saturated rings. The molecule has 4 atom stereocenters. The van der Waals surface area contributed by atoms with Gasteiger partial charge in [0.2, 0.25) is 5.69 Å². The van der Waals surface area contributed by atoms with Gasteiger partial charge in [-0.25, -0.2) is 19.4 Å². The summed E-state index contributed by atoms with van der Waals surface area (Å²) < 4.78 is 41.0. The minimum atomic E-state index is -2.17. The fourth-order valence-corrected chi connectivity index (χ4v) is 8.02. The fraction of sp³-hybridized carbons (Fsp3) is 0.500. The summed E-state index contributed by atoms with van der Waals surface area (Å²) in [5.41, 5.74) is 2.16. The SMILES string of the molecule is [C-]#[N+]c1cn2[nH]c(-c3ccc(OC)c(NS(=O)Oc4cc(C)ccc4OC(CCCCCCCC)C(=O)O)c3)nc2c1C(=O)OC1C(C)CC(C)CC1C. The third-order valence-electron chi connectivity index (χ3n) is 9.94. The van der Waals surface area contributed by atoms with E-state index < -0.39 is 29.3 Å². The van der Waals surface area contributed by atoms with Crippen LogP contribution in [0.15, 0.2) is 42.6 Å². The van der Waals surface area contributed by atoms with E-state index in [-0.39, 0.29) is 46.3 Å². The van der Waals surface area contributed by atoms with E-state index in [0.717, 1.165) is 50.5 Å². The Morgan fingerprint density at radius 2 is 1.76 bits per heavy atom. The molecule has 2 aromatic carbocycles. The number of esters is 1. The van der Waals surface area contributed by atoms with Crippen LogP contribution in [0.25, 0.3) is 21.9 Å². The maximum absolute atomic E-state index is 13.6. The fourth-order valence-electron chi connectivity index (χ4n) is 7.34. The van der Waals surface area contributed by atoms with Crippen molar-refractivity contribution < 1.29 is 37.3 Å². The van der Waals surface area contributed by atoms with Gasteiger partial charge in [0.1, 0.15) is 17.4 Å². The summed E-state index contributed by atoms with van der Waals surface area (Å²) in [6.07, 6.45) is 8.52. The van der Waals surface area contributed by atoms with Crippen molar-refractivity contribution in [1.82, 2.24) is 14.6 Å². The highest BCUT2D eigenvalue weighted by molar-refractivity contribution is 7.82. The number of benzene rings is 2. The highest BCUT2D eigenvalue weighted by Gasteiger charge is 2.36. The lowest BCUT2D eigenvalue weighted by Gasteiger charge is -2.37. The van der Waals surface area contributed by atoms with Gasteiger partial charge in [0.15, 0.2) is 29.1 Å². The minimum Gasteiger partial charge on any atom is -0.495 e. The first kappa shape index (κ1) is 40.2. The summed E-state index contributed by atoms with van der Waals surface area (Å²) in [5.74, 6) is 0.298. The number of methoxy groups -OCH3 is 1. The number of nitrogens with one attached hydrogen (secondary N) is 2. The largest absolute Gasteiger partial charge is 0.495 e. The van der Waals surface area contributed by atoms with Crippen molar-refractivity contribution in [2.75, 3.05) is 11.8 Å². The van der Waals surface area contributed by atoms with Gasteiger partial charge in [0, 0.05) is 11.8 Å². The van der Waals surface area contributed by atoms with Crippen LogP contribution in [0.4, 0.5) is 11.4 Å². The number of nitrogens with zero attached hydrogens (tertiary/aromatic N) is 3. The molecule has 0 amide bonds. The van der Waals surface area contributed by atoms with Crippen LogP contribution in [0, 0.1) is 31.2 Å². The molecular formula is C40H51N5O8S. The minimum absolute atomic E-state index is 0.0974. The van der Waals surface area contributed by atoms with E-state index in [1.165, 1.54) is 17.8 Å². The number of unbranched alkanes of at least 4 members (excludes halogenated alkanes) is 5. The van der Waals surface area contributed by atoms with Gasteiger partial charge in [-0.15, -0.1) is 0 Å². The van der Waals surface area contributed by atoms with Gasteiger partial charge in [-0.1, -0.05) is 65.9 Å². The number of aryl methyl sites for hydroxylation is 1. The zero-order chi connectivity index (χ0) is 38.9. The molecule has 0 bridgehead atoms. The molecule has 13 nitrogen and oxygen atoms in total. The molecule has 3 N–H and O–H groups in total. The van der Waals surface area contributed by atoms with E-state index in [1.54, 1.807) is 36.4 Å². The number of aromatic nitrogens is 3. The van der Waals surface area contributed by atoms with Crippen molar-refractivity contribution in [2.24, 2.45) is 17.8 Å². The van der Waals surface area contributed by atoms with Gasteiger partial charge in [0.25, 0.3) is 0 Å². The van der Waals surface area contributed by atoms with E-state index in [0.29, 0.717) is 41.6 Å². The second kappa shape index (κ2) is 18.3. The number of hydrogen-bond donors (Lipinski definition) is 3. The molecule has 1 saturated carbocycles. The van der Waals surface area contributed by atoms with Gasteiger partial charge in [-0.2, -0.15) is 4.21 Å². The van der Waals surface area contributed by atoms with E-state index >= 15 is 0 Å². The molecule has 5 rings (SSSR count). The van der Waals surface area contributed by atoms with Crippen LogP contribution in [0.3, 0.4) is 0 Å². The Balaban J connectivity index is 1.33. The van der Waals surface area contributed by atoms with Gasteiger partial charge in [0.05, 0.1) is 19.4 Å². The Morgan fingerprint density at radius 1 is 1.06 bits per heavy atom. The molecule has 0 radical (unpaired) electrons. The zero-order valence-electron chi connectivity index (χ0n) is 31.8. The normalized spacial score (nSPS) is 19.4. The van der Waals surface area contributed by atoms with Crippen molar-refractivity contribution in [1.29, 1.82) is 0 Å². The first-order valence-electron chi connectivity index (χ1n) is 18.7. The first-order chi connectivity index (χ1) is 25.9. The van der Waals surface area contributed by atoms with Gasteiger partial charge >= 0.3 is 23.2 Å². The lowest BCUT2D eigenvalue weighted by atomic mass is 9.75. The van der Waals surface area contributed by atoms with Crippen molar-refractivity contribution in [3.05, 3.63) is 65.1 Å². The standard InChI is InChI=1S/C40H51N5O8S/c1-8-9-10-11-12-13-14-33(39(46)47)51-32-17-15-24(2)21-34(32)53-54(49)44-29-22-28(16-18-31(29)50-7)37-42-38-35(30(41-6)23-45(38)43-37)40(48)52-36-26(4)19-25(3)20-27(36)5/h15-18,21-23,25-27,33,36,44H,8-14,19-20H2,1-5,7H3,(H,42,43)(H,46,47). The van der Waals surface area contributed by atoms with Crippen molar-refractivity contribution >= 4 is 40.2 Å². The molecule has 4 unspecified atom stereocenters. The maximum Gasteiger partial charge on any atom is 0.344 e. The van der Waals surface area contributed by atoms with Crippen LogP contribution in [-0.2, 0) is 20.8 Å². The molecule has 54 heavy (non-hydrogen) atoms. The van der Waals surface area contributed by atoms with Crippen molar-refractivity contribution in [2.45, 2.75) is 105 Å². The molecule has 1 aliphatic carbocycles. The summed E-state index contributed by atoms with van der Waals surface area (Å²) >= 11 is -2.17. The maximum atomic E-state index is 13.6. The lowest BCUT2D eigenvalue weighted by Crippen LogP contribution is -2.37. The molecule has 290 valence electrons. The number of fused-ring (bicyclic) bond motifs is 1. The number of rotatable bonds is 18. The van der Waals surface area contributed by atoms with E-state index in [2.05, 4.69) is 47.3 Å². The molecule has 0 saturated heterocycles. The van der Waals surface area contributed by atoms with Crippen molar-refractivity contribution in [3.63, 3.8) is 0 Å². The first-order valence-corrected chi connectivity index (χ1v) is 19.7. The van der Waals surface area contributed by atoms with E-state index in [4.69, 9.17) is 25.0 Å². The number of hydrogen-bond acceptors (Lipinski definition) is 8. The topological polar surface area (TPSA) is 158 Å². The Kier molecular flexibility index (Phi) is 13.6. The van der Waals surface area contributed by atoms with Crippen LogP contribution in [0.5, 0.6) is 17.2 Å². The number of carboxylic acids is 1. The predicted octanol–water partition coefficient (Wildman–Crippen LogP) is 9.08. The number of carbonyl (C=O) groups is 2. The summed E-state index contributed by atoms with van der Waals surface area (Å²) in [7, 11) is 1.47. The highest BCUT2D eigenvalue weighted by atomic mass is 32.2. The second-order valence-electron chi connectivity index (χ2n) is 14.5. The van der Waals surface area contributed by atoms with Crippen LogP contribution in [-0.4, -0.2) is 55.2 Å². The number of carboxylic acid groups (broad SMARTS) is 1. The Bertz CT molecular complexity index is 1990. The number of H-pyrrole nitrogens is 1. The lowest BCUT2D eigenvalue weighted by molar-refractivity contribution is -0.145. The van der Waals surface area contributed by atoms with E-state index in [1.807, 2.05) is 6.92 Å². The molecule has 0 spiro atoms. The number of anilines is 1. The zero-order valence-corrected chi connectivity index (χ0v) is 32.7. The quantitative estimate of drug-likeness (QED) is 0.0511. The van der Waals surface area contributed by atoms with Crippen LogP contribution in [0.1, 0.15) is 101 Å². The predicted molar refractivity (Wildman–Crippen MR) is 207 cm³/mol. The highest BCUT2D eigenvalue weighted by Crippen LogP contribution is 2.38. The Hall–Kier alpha value is -5.03. The number of carbonyl (C=O) groups excluding carboxylic acids is 1. The summed E-state index contributed by atoms with van der Waals surface area (Å²) in [4.78, 5) is 33.9. The molecule has 1 aliphatic rings. The monoisotopic (exact) mass is 761 g/mol. The Labute approximate surface area is 319 Å². The summed E-state index contributed by atoms with van der Waals surface area (Å²) in [5, 5.41) is 13.0. The molecule has 14 heteroatoms. The Morgan fingerprint density at radius 3 is 2.44 bits per heavy atom. The number of aromatic amines is 1. The van der Waals surface area contributed by atoms with E-state index in [9.17, 15) is 18.9 Å². The molecule has 2 heterocycles. The summed E-state index contributed by atoms with van der Waals surface area (Å²) in [6, 6.07) is 10.1. The smallest absolute Gasteiger partial charge is 0.344 e. The summed E-state index contributed by atoms with van der Waals surface area (Å²) in [6.45, 7) is 18.1. The third kappa shape index (κ3) is 9.74. The van der Waals surface area contributed by atoms with Crippen LogP contribution >= 0.6 is 0 Å². The van der Waals surface area contributed by atoms with Gasteiger partial charge in [-0.05, 0) is 86.3 Å². The second-order valence-corrected chi connectivity index (χ2v) is 15.3. The average molecular weight is 762 g/mol. The van der Waals surface area contributed by atoms with Crippen molar-refractivity contribution in [3.8, 4) is 28.6 Å². The van der Waals surface area contributed by atoms with Crippen LogP contribution < -0.4 is 18.4 Å². The number of ether oxygens (including phenoxy) is 3. The average Bonchev–Trinajstić information content (AvgIpc) is 3.69.